The topological polar surface area (TPSA) is 97.6 Å². The Balaban J connectivity index is 1.30. The molecule has 4 aromatic rings. The van der Waals surface area contributed by atoms with Crippen molar-refractivity contribution in [3.05, 3.63) is 42.5 Å². The molecule has 1 aliphatic carbocycles. The van der Waals surface area contributed by atoms with E-state index in [4.69, 9.17) is 10.8 Å². The van der Waals surface area contributed by atoms with Crippen LogP contribution in [0.3, 0.4) is 0 Å². The zero-order valence-corrected chi connectivity index (χ0v) is 21.1. The van der Waals surface area contributed by atoms with Crippen molar-refractivity contribution in [3.63, 3.8) is 0 Å². The molecular weight excluding hydrogens is 452 g/mol. The Hall–Kier alpha value is -3.46. The molecule has 4 heterocycles. The van der Waals surface area contributed by atoms with E-state index >= 15 is 0 Å². The Bertz CT molecular complexity index is 1410. The third-order valence-electron chi connectivity index (χ3n) is 8.01. The van der Waals surface area contributed by atoms with Crippen LogP contribution in [0.4, 0.5) is 5.82 Å². The van der Waals surface area contributed by atoms with Crippen molar-refractivity contribution in [1.29, 1.82) is 0 Å². The van der Waals surface area contributed by atoms with E-state index < -0.39 is 0 Å². The van der Waals surface area contributed by atoms with Gasteiger partial charge >= 0.3 is 0 Å². The highest BCUT2D eigenvalue weighted by atomic mass is 16.2. The number of likely N-dealkylation sites (N-methyl/N-ethyl adjacent to an activating group) is 1. The number of nitrogens with zero attached hydrogens (tertiary/aromatic N) is 7. The third-order valence-corrected chi connectivity index (χ3v) is 8.01. The molecule has 2 N–H and O–H groups in total. The molecule has 1 amide bonds. The van der Waals surface area contributed by atoms with E-state index in [1.54, 1.807) is 4.90 Å². The summed E-state index contributed by atoms with van der Waals surface area (Å²) in [5.74, 6) is 1.74. The average Bonchev–Trinajstić information content (AvgIpc) is 3.43. The zero-order valence-electron chi connectivity index (χ0n) is 21.1. The lowest BCUT2D eigenvalue weighted by Gasteiger charge is -2.31. The summed E-state index contributed by atoms with van der Waals surface area (Å²) >= 11 is 0. The van der Waals surface area contributed by atoms with Crippen LogP contribution in [0.15, 0.2) is 36.8 Å². The van der Waals surface area contributed by atoms with Gasteiger partial charge in [0.1, 0.15) is 11.8 Å². The maximum Gasteiger partial charge on any atom is 0.236 e. The van der Waals surface area contributed by atoms with Crippen molar-refractivity contribution in [2.24, 2.45) is 5.92 Å². The predicted octanol–water partition coefficient (Wildman–Crippen LogP) is 3.40. The van der Waals surface area contributed by atoms with Crippen molar-refractivity contribution in [2.45, 2.75) is 44.6 Å². The number of hydrogen-bond donors (Lipinski definition) is 1. The van der Waals surface area contributed by atoms with Crippen molar-refractivity contribution < 1.29 is 4.79 Å². The van der Waals surface area contributed by atoms with Gasteiger partial charge in [-0.1, -0.05) is 18.6 Å². The fraction of sp³-hybridized carbons (Fsp3) is 0.481. The number of carbonyl (C=O) groups excluding carboxylic acids is 1. The smallest absolute Gasteiger partial charge is 0.236 e. The molecular formula is C27H34N8O. The number of anilines is 1. The number of nitrogens with two attached hydrogens (primary N) is 1. The minimum atomic E-state index is 0.148. The number of carbonyl (C=O) groups is 1. The molecule has 1 saturated heterocycles. The Morgan fingerprint density at radius 2 is 1.94 bits per heavy atom. The van der Waals surface area contributed by atoms with E-state index in [0.29, 0.717) is 18.3 Å². The van der Waals surface area contributed by atoms with Gasteiger partial charge in [0.15, 0.2) is 5.82 Å². The van der Waals surface area contributed by atoms with Crippen LogP contribution >= 0.6 is 0 Å². The molecule has 0 bridgehead atoms. The van der Waals surface area contributed by atoms with Crippen LogP contribution in [-0.2, 0) is 11.3 Å². The number of amides is 1. The first kappa shape index (κ1) is 23.0. The van der Waals surface area contributed by atoms with Crippen LogP contribution in [-0.4, -0.2) is 73.8 Å². The summed E-state index contributed by atoms with van der Waals surface area (Å²) in [6.07, 6.45) is 9.60. The van der Waals surface area contributed by atoms with Crippen molar-refractivity contribution >= 4 is 28.1 Å². The van der Waals surface area contributed by atoms with E-state index in [0.717, 1.165) is 71.6 Å². The Labute approximate surface area is 210 Å². The summed E-state index contributed by atoms with van der Waals surface area (Å²) in [5, 5.41) is 10.6. The van der Waals surface area contributed by atoms with E-state index in [-0.39, 0.29) is 5.91 Å². The Kier molecular flexibility index (Phi) is 5.87. The third kappa shape index (κ3) is 4.21. The first-order chi connectivity index (χ1) is 17.5. The lowest BCUT2D eigenvalue weighted by atomic mass is 9.85. The lowest BCUT2D eigenvalue weighted by molar-refractivity contribution is -0.130. The maximum atomic E-state index is 12.1. The largest absolute Gasteiger partial charge is 0.382 e. The van der Waals surface area contributed by atoms with E-state index in [2.05, 4.69) is 50.1 Å². The van der Waals surface area contributed by atoms with Gasteiger partial charge in [0, 0.05) is 49.4 Å². The second-order valence-electron chi connectivity index (χ2n) is 10.6. The molecule has 1 aromatic carbocycles. The molecule has 1 saturated carbocycles. The monoisotopic (exact) mass is 486 g/mol. The molecule has 0 unspecified atom stereocenters. The number of likely N-dealkylation sites (tertiary alicyclic amines) is 1. The van der Waals surface area contributed by atoms with Gasteiger partial charge in [-0.15, -0.1) is 0 Å². The van der Waals surface area contributed by atoms with Crippen molar-refractivity contribution in [1.82, 2.24) is 34.2 Å². The number of rotatable bonds is 6. The van der Waals surface area contributed by atoms with Gasteiger partial charge < -0.3 is 10.6 Å². The summed E-state index contributed by atoms with van der Waals surface area (Å²) in [6.45, 7) is 3.25. The number of benzene rings is 1. The summed E-state index contributed by atoms with van der Waals surface area (Å²) in [4.78, 5) is 20.3. The number of nitrogen functional groups attached to an aromatic ring is 1. The fourth-order valence-electron chi connectivity index (χ4n) is 5.59. The number of aromatic nitrogens is 5. The summed E-state index contributed by atoms with van der Waals surface area (Å²) in [6, 6.07) is 8.70. The highest BCUT2D eigenvalue weighted by molar-refractivity contribution is 5.92. The average molecular weight is 487 g/mol. The molecule has 6 rings (SSSR count). The summed E-state index contributed by atoms with van der Waals surface area (Å²) in [5.41, 5.74) is 11.5. The number of fused-ring (bicyclic) bond motifs is 2. The second kappa shape index (κ2) is 9.20. The fourth-order valence-corrected chi connectivity index (χ4v) is 5.59. The molecule has 2 aliphatic rings. The van der Waals surface area contributed by atoms with Crippen LogP contribution in [0.1, 0.15) is 43.7 Å². The van der Waals surface area contributed by atoms with E-state index in [9.17, 15) is 4.79 Å². The van der Waals surface area contributed by atoms with Gasteiger partial charge in [-0.3, -0.25) is 14.4 Å². The van der Waals surface area contributed by atoms with Crippen LogP contribution in [0.2, 0.25) is 0 Å². The quantitative estimate of drug-likeness (QED) is 0.449. The standard InChI is InChI=1S/C27H34N8O/c1-32(2)25(36)16-33-10-8-19(9-11-33)24-13-22(26-27(28)29-17-30-35(24)26)20-6-7-21-15-34(31-23(21)12-20)14-18-4-3-5-18/h6-7,12-13,15,17-19H,3-5,8-11,14,16H2,1-2H3,(H2,28,29,30). The summed E-state index contributed by atoms with van der Waals surface area (Å²) in [7, 11) is 3.62. The molecule has 9 nitrogen and oxygen atoms in total. The van der Waals surface area contributed by atoms with Gasteiger partial charge in [-0.2, -0.15) is 10.2 Å². The second-order valence-corrected chi connectivity index (χ2v) is 10.6. The zero-order chi connectivity index (χ0) is 24.8. The van der Waals surface area contributed by atoms with Crippen LogP contribution in [0.5, 0.6) is 0 Å². The molecule has 0 atom stereocenters. The predicted molar refractivity (Wildman–Crippen MR) is 141 cm³/mol. The van der Waals surface area contributed by atoms with Gasteiger partial charge in [-0.25, -0.2) is 9.50 Å². The molecule has 1 aliphatic heterocycles. The van der Waals surface area contributed by atoms with Crippen molar-refractivity contribution in [2.75, 3.05) is 39.5 Å². The Morgan fingerprint density at radius 1 is 1.14 bits per heavy atom. The highest BCUT2D eigenvalue weighted by Gasteiger charge is 2.27. The van der Waals surface area contributed by atoms with Gasteiger partial charge in [0.25, 0.3) is 0 Å². The molecule has 3 aromatic heterocycles. The minimum Gasteiger partial charge on any atom is -0.382 e. The maximum absolute atomic E-state index is 12.1. The van der Waals surface area contributed by atoms with Crippen molar-refractivity contribution in [3.8, 4) is 11.1 Å². The number of hydrogen-bond acceptors (Lipinski definition) is 6. The normalized spacial score (nSPS) is 17.6. The molecule has 9 heteroatoms. The Morgan fingerprint density at radius 3 is 2.67 bits per heavy atom. The van der Waals surface area contributed by atoms with Crippen LogP contribution < -0.4 is 5.73 Å². The molecule has 188 valence electrons. The molecule has 0 spiro atoms. The molecule has 0 radical (unpaired) electrons. The van der Waals surface area contributed by atoms with Crippen LogP contribution in [0.25, 0.3) is 27.5 Å². The number of piperidine rings is 1. The molecule has 2 fully saturated rings. The lowest BCUT2D eigenvalue weighted by Crippen LogP contribution is -2.40. The van der Waals surface area contributed by atoms with Gasteiger partial charge in [0.05, 0.1) is 12.1 Å². The van der Waals surface area contributed by atoms with E-state index in [1.807, 2.05) is 18.6 Å². The summed E-state index contributed by atoms with van der Waals surface area (Å²) < 4.78 is 4.08. The molecule has 36 heavy (non-hydrogen) atoms. The SMILES string of the molecule is CN(C)C(=O)CN1CCC(c2cc(-c3ccc4cn(CC5CCC5)nc4c3)c3c(N)ncnn23)CC1. The first-order valence-corrected chi connectivity index (χ1v) is 13.0. The van der Waals surface area contributed by atoms with Gasteiger partial charge in [-0.05, 0) is 62.4 Å². The van der Waals surface area contributed by atoms with Crippen LogP contribution in [0, 0.1) is 5.92 Å². The first-order valence-electron chi connectivity index (χ1n) is 13.0. The van der Waals surface area contributed by atoms with Gasteiger partial charge in [0.2, 0.25) is 5.91 Å². The minimum absolute atomic E-state index is 0.148. The highest BCUT2D eigenvalue weighted by Crippen LogP contribution is 2.37. The van der Waals surface area contributed by atoms with E-state index in [1.165, 1.54) is 25.6 Å².